The van der Waals surface area contributed by atoms with Gasteiger partial charge in [0.1, 0.15) is 5.75 Å². The van der Waals surface area contributed by atoms with Gasteiger partial charge in [-0.15, -0.1) is 0 Å². The van der Waals surface area contributed by atoms with E-state index in [4.69, 9.17) is 17.0 Å². The fraction of sp³-hybridized carbons (Fsp3) is 0.250. The Bertz CT molecular complexity index is 974. The van der Waals surface area contributed by atoms with Crippen LogP contribution in [0.2, 0.25) is 0 Å². The molecular formula is C20H23N5OS. The van der Waals surface area contributed by atoms with Crippen LogP contribution in [0, 0.1) is 4.77 Å². The Labute approximate surface area is 164 Å². The van der Waals surface area contributed by atoms with Crippen molar-refractivity contribution in [2.45, 2.75) is 13.8 Å². The molecule has 0 spiro atoms. The van der Waals surface area contributed by atoms with Crippen LogP contribution in [0.15, 0.2) is 53.6 Å². The lowest BCUT2D eigenvalue weighted by molar-refractivity contribution is 0.414. The van der Waals surface area contributed by atoms with Crippen LogP contribution in [-0.4, -0.2) is 41.3 Å². The second-order valence-electron chi connectivity index (χ2n) is 5.87. The number of anilines is 1. The van der Waals surface area contributed by atoms with E-state index in [9.17, 15) is 0 Å². The first-order valence-electron chi connectivity index (χ1n) is 8.88. The van der Waals surface area contributed by atoms with Crippen molar-refractivity contribution < 1.29 is 4.74 Å². The van der Waals surface area contributed by atoms with Gasteiger partial charge in [-0.25, -0.2) is 5.10 Å². The number of methoxy groups -OCH3 is 1. The fourth-order valence-corrected chi connectivity index (χ4v) is 3.06. The molecule has 1 N–H and O–H groups in total. The molecule has 140 valence electrons. The zero-order valence-electron chi connectivity index (χ0n) is 15.7. The number of hydrogen-bond acceptors (Lipinski definition) is 5. The first kappa shape index (κ1) is 18.8. The molecule has 6 nitrogen and oxygen atoms in total. The summed E-state index contributed by atoms with van der Waals surface area (Å²) in [5, 5.41) is 11.6. The Morgan fingerprint density at radius 2 is 1.93 bits per heavy atom. The number of rotatable bonds is 7. The molecule has 7 heteroatoms. The Balaban J connectivity index is 1.95. The van der Waals surface area contributed by atoms with E-state index >= 15 is 0 Å². The van der Waals surface area contributed by atoms with Crippen molar-refractivity contribution >= 4 is 24.1 Å². The molecule has 0 fully saturated rings. The van der Waals surface area contributed by atoms with Crippen LogP contribution in [0.1, 0.15) is 19.4 Å². The van der Waals surface area contributed by atoms with Gasteiger partial charge in [-0.1, -0.05) is 30.3 Å². The quantitative estimate of drug-likeness (QED) is 0.488. The van der Waals surface area contributed by atoms with Gasteiger partial charge >= 0.3 is 0 Å². The number of benzene rings is 2. The van der Waals surface area contributed by atoms with Crippen LogP contribution >= 0.6 is 12.2 Å². The third-order valence-corrected chi connectivity index (χ3v) is 4.60. The van der Waals surface area contributed by atoms with Gasteiger partial charge in [-0.05, 0) is 38.2 Å². The lowest BCUT2D eigenvalue weighted by Gasteiger charge is -2.21. The normalized spacial score (nSPS) is 11.1. The van der Waals surface area contributed by atoms with Crippen LogP contribution in [0.25, 0.3) is 11.4 Å². The third-order valence-electron chi connectivity index (χ3n) is 4.34. The highest BCUT2D eigenvalue weighted by Crippen LogP contribution is 2.25. The number of H-pyrrole nitrogens is 1. The van der Waals surface area contributed by atoms with Crippen molar-refractivity contribution in [2.75, 3.05) is 25.1 Å². The second kappa shape index (κ2) is 8.64. The molecule has 0 atom stereocenters. The molecule has 2 aromatic carbocycles. The number of nitrogens with zero attached hydrogens (tertiary/aromatic N) is 4. The van der Waals surface area contributed by atoms with Gasteiger partial charge in [0.2, 0.25) is 4.77 Å². The second-order valence-corrected chi connectivity index (χ2v) is 6.26. The molecule has 0 aliphatic heterocycles. The van der Waals surface area contributed by atoms with E-state index in [0.29, 0.717) is 10.6 Å². The Morgan fingerprint density at radius 3 is 2.59 bits per heavy atom. The zero-order valence-corrected chi connectivity index (χ0v) is 16.5. The molecule has 1 aromatic heterocycles. The molecule has 3 rings (SSSR count). The van der Waals surface area contributed by atoms with E-state index in [1.54, 1.807) is 18.0 Å². The summed E-state index contributed by atoms with van der Waals surface area (Å²) in [5.74, 6) is 1.43. The predicted molar refractivity (Wildman–Crippen MR) is 112 cm³/mol. The number of aromatic nitrogens is 3. The molecular weight excluding hydrogens is 358 g/mol. The lowest BCUT2D eigenvalue weighted by Crippen LogP contribution is -2.21. The summed E-state index contributed by atoms with van der Waals surface area (Å²) in [5.41, 5.74) is 2.93. The van der Waals surface area contributed by atoms with Gasteiger partial charge in [-0.3, -0.25) is 0 Å². The summed E-state index contributed by atoms with van der Waals surface area (Å²) < 4.78 is 7.61. The summed E-state index contributed by atoms with van der Waals surface area (Å²) in [6, 6.07) is 15.9. The Kier molecular flexibility index (Phi) is 6.03. The minimum Gasteiger partial charge on any atom is -0.496 e. The molecule has 0 saturated carbocycles. The summed E-state index contributed by atoms with van der Waals surface area (Å²) in [6.07, 6.45) is 1.74. The first-order chi connectivity index (χ1) is 13.2. The summed E-state index contributed by atoms with van der Waals surface area (Å²) in [4.78, 5) is 2.27. The van der Waals surface area contributed by atoms with Gasteiger partial charge in [0.15, 0.2) is 5.82 Å². The average molecular weight is 382 g/mol. The third kappa shape index (κ3) is 4.09. The molecule has 0 radical (unpaired) electrons. The van der Waals surface area contributed by atoms with E-state index in [-0.39, 0.29) is 0 Å². The van der Waals surface area contributed by atoms with Crippen molar-refractivity contribution in [2.24, 2.45) is 5.10 Å². The summed E-state index contributed by atoms with van der Waals surface area (Å²) in [6.45, 7) is 6.16. The maximum atomic E-state index is 5.56. The van der Waals surface area contributed by atoms with Crippen molar-refractivity contribution in [3.8, 4) is 17.1 Å². The van der Waals surface area contributed by atoms with Crippen LogP contribution < -0.4 is 9.64 Å². The Morgan fingerprint density at radius 1 is 1.19 bits per heavy atom. The number of ether oxygens (including phenoxy) is 1. The highest BCUT2D eigenvalue weighted by molar-refractivity contribution is 7.71. The van der Waals surface area contributed by atoms with E-state index < -0.39 is 0 Å². The number of hydrogen-bond donors (Lipinski definition) is 1. The molecule has 27 heavy (non-hydrogen) atoms. The lowest BCUT2D eigenvalue weighted by atomic mass is 10.2. The highest BCUT2D eigenvalue weighted by atomic mass is 32.1. The highest BCUT2D eigenvalue weighted by Gasteiger charge is 2.09. The van der Waals surface area contributed by atoms with Crippen molar-refractivity contribution in [1.29, 1.82) is 0 Å². The smallest absolute Gasteiger partial charge is 0.216 e. The number of nitrogens with one attached hydrogen (secondary N) is 1. The minimum atomic E-state index is 0.434. The van der Waals surface area contributed by atoms with Crippen LogP contribution in [-0.2, 0) is 0 Å². The zero-order chi connectivity index (χ0) is 19.2. The van der Waals surface area contributed by atoms with E-state index in [0.717, 1.165) is 35.7 Å². The van der Waals surface area contributed by atoms with Gasteiger partial charge in [0.05, 0.1) is 13.3 Å². The SMILES string of the molecule is CCN(CC)c1ccc(/C=N/n2c(-c3ccccc3)n[nH]c2=S)c(OC)c1. The van der Waals surface area contributed by atoms with Crippen LogP contribution in [0.3, 0.4) is 0 Å². The molecule has 0 aliphatic carbocycles. The van der Waals surface area contributed by atoms with Crippen molar-refractivity contribution in [1.82, 2.24) is 14.9 Å². The largest absolute Gasteiger partial charge is 0.496 e. The minimum absolute atomic E-state index is 0.434. The molecule has 0 saturated heterocycles. The van der Waals surface area contributed by atoms with Gasteiger partial charge < -0.3 is 9.64 Å². The molecule has 0 amide bonds. The molecule has 0 unspecified atom stereocenters. The van der Waals surface area contributed by atoms with Crippen molar-refractivity contribution in [3.05, 3.63) is 58.9 Å². The maximum absolute atomic E-state index is 5.56. The standard InChI is InChI=1S/C20H23N5OS/c1-4-24(5-2)17-12-11-16(18(13-17)26-3)14-21-25-19(22-23-20(25)27)15-9-7-6-8-10-15/h6-14H,4-5H2,1-3H3,(H,23,27)/b21-14+. The van der Waals surface area contributed by atoms with Gasteiger partial charge in [0, 0.05) is 36.0 Å². The molecule has 1 heterocycles. The maximum Gasteiger partial charge on any atom is 0.216 e. The Hall–Kier alpha value is -2.93. The number of aromatic amines is 1. The van der Waals surface area contributed by atoms with Gasteiger partial charge in [0.25, 0.3) is 0 Å². The summed E-state index contributed by atoms with van der Waals surface area (Å²) >= 11 is 5.33. The van der Waals surface area contributed by atoms with Crippen molar-refractivity contribution in [3.63, 3.8) is 0 Å². The molecule has 0 bridgehead atoms. The average Bonchev–Trinajstić information content (AvgIpc) is 3.08. The summed E-state index contributed by atoms with van der Waals surface area (Å²) in [7, 11) is 1.66. The molecule has 0 aliphatic rings. The van der Waals surface area contributed by atoms with Crippen LogP contribution in [0.5, 0.6) is 5.75 Å². The van der Waals surface area contributed by atoms with E-state index in [1.807, 2.05) is 42.5 Å². The van der Waals surface area contributed by atoms with Gasteiger partial charge in [-0.2, -0.15) is 14.9 Å². The monoisotopic (exact) mass is 381 g/mol. The topological polar surface area (TPSA) is 58.4 Å². The van der Waals surface area contributed by atoms with Crippen LogP contribution in [0.4, 0.5) is 5.69 Å². The predicted octanol–water partition coefficient (Wildman–Crippen LogP) is 4.34. The van der Waals surface area contributed by atoms with E-state index in [1.165, 1.54) is 0 Å². The fourth-order valence-electron chi connectivity index (χ4n) is 2.88. The van der Waals surface area contributed by atoms with E-state index in [2.05, 4.69) is 40.1 Å². The first-order valence-corrected chi connectivity index (χ1v) is 9.29. The molecule has 3 aromatic rings.